The van der Waals surface area contributed by atoms with Crippen LogP contribution in [0.1, 0.15) is 0 Å². The minimum absolute atomic E-state index is 0. The van der Waals surface area contributed by atoms with Gasteiger partial charge in [0.25, 0.3) is 6.47 Å². The molecule has 0 unspecified atom stereocenters. The number of aliphatic hydroxyl groups excluding tert-OH is 1. The maximum Gasteiger partial charge on any atom is 1.00 e. The number of hydrogen-bond acceptors (Lipinski definition) is 2. The van der Waals surface area contributed by atoms with E-state index in [1.807, 2.05) is 0 Å². The first-order chi connectivity index (χ1) is 2.83. The van der Waals surface area contributed by atoms with Gasteiger partial charge >= 0.3 is 29.6 Å². The Labute approximate surface area is 62.4 Å². The molecule has 0 aliphatic heterocycles. The topological polar surface area (TPSA) is 74.6 Å². The zero-order valence-corrected chi connectivity index (χ0v) is 5.79. The maximum atomic E-state index is 8.36. The summed E-state index contributed by atoms with van der Waals surface area (Å²) in [4.78, 5) is 16.6. The summed E-state index contributed by atoms with van der Waals surface area (Å²) < 4.78 is 0. The molecule has 4 nitrogen and oxygen atoms in total. The molecule has 0 atom stereocenters. The molecule has 0 aromatic rings. The molecule has 0 aliphatic rings. The second-order valence-corrected chi connectivity index (χ2v) is 0.197. The fourth-order valence-corrected chi connectivity index (χ4v) is 0. The molecular weight excluding hydrogens is 111 g/mol. The fourth-order valence-electron chi connectivity index (χ4n) is 0. The van der Waals surface area contributed by atoms with Crippen molar-refractivity contribution in [3.05, 3.63) is 0 Å². The molecule has 36 valence electrons. The second kappa shape index (κ2) is 38.5. The molecule has 0 heterocycles. The predicted molar refractivity (Wildman–Crippen MR) is 17.0 cm³/mol. The Bertz CT molecular complexity index is 30.7. The van der Waals surface area contributed by atoms with Gasteiger partial charge in [-0.25, -0.2) is 0 Å². The van der Waals surface area contributed by atoms with E-state index in [-0.39, 0.29) is 36.0 Å². The predicted octanol–water partition coefficient (Wildman–Crippen LogP) is -3.68. The molecule has 0 fully saturated rings. The third-order valence-electron chi connectivity index (χ3n) is 0. The molecule has 0 saturated carbocycles. The molecule has 5 heteroatoms. The standard InChI is InChI=1S/CH2O2.CHO2.Na/c2*2-1-3;/h1H,(H,2,3);(H,2,3);/q;-1;+1. The van der Waals surface area contributed by atoms with E-state index in [1.54, 1.807) is 0 Å². The Kier molecular flexibility index (Phi) is 86.8. The molecule has 0 rings (SSSR count). The molecular formula is C2H3NaO4. The minimum atomic E-state index is -0.250. The van der Waals surface area contributed by atoms with Gasteiger partial charge in [-0.3, -0.25) is 4.79 Å². The van der Waals surface area contributed by atoms with Gasteiger partial charge in [0, 0.05) is 0 Å². The SMILES string of the molecule is O=CO.O=[C-]O.[Na+]. The third kappa shape index (κ3) is 25600. The molecule has 0 aromatic heterocycles. The van der Waals surface area contributed by atoms with Crippen molar-refractivity contribution in [3.63, 3.8) is 0 Å². The summed E-state index contributed by atoms with van der Waals surface area (Å²) in [7, 11) is 0. The first-order valence-corrected chi connectivity index (χ1v) is 0.922. The van der Waals surface area contributed by atoms with Crippen molar-refractivity contribution in [1.82, 2.24) is 0 Å². The Morgan fingerprint density at radius 3 is 1.57 bits per heavy atom. The van der Waals surface area contributed by atoms with Gasteiger partial charge in [0.2, 0.25) is 0 Å². The van der Waals surface area contributed by atoms with Gasteiger partial charge in [0.15, 0.2) is 0 Å². The van der Waals surface area contributed by atoms with E-state index >= 15 is 0 Å². The molecule has 7 heavy (non-hydrogen) atoms. The van der Waals surface area contributed by atoms with Gasteiger partial charge in [0.1, 0.15) is 0 Å². The van der Waals surface area contributed by atoms with Crippen molar-refractivity contribution in [2.24, 2.45) is 0 Å². The summed E-state index contributed by atoms with van der Waals surface area (Å²) in [5.41, 5.74) is 0. The number of rotatable bonds is 0. The van der Waals surface area contributed by atoms with E-state index in [1.165, 1.54) is 0 Å². The van der Waals surface area contributed by atoms with Crippen molar-refractivity contribution < 1.29 is 49.4 Å². The van der Waals surface area contributed by atoms with E-state index in [9.17, 15) is 0 Å². The summed E-state index contributed by atoms with van der Waals surface area (Å²) >= 11 is 0. The van der Waals surface area contributed by atoms with Gasteiger partial charge in [-0.05, 0) is 0 Å². The molecule has 0 aromatic carbocycles. The van der Waals surface area contributed by atoms with Gasteiger partial charge in [0.05, 0.1) is 0 Å². The van der Waals surface area contributed by atoms with Crippen LogP contribution in [0.2, 0.25) is 0 Å². The molecule has 0 bridgehead atoms. The van der Waals surface area contributed by atoms with Crippen LogP contribution in [0.4, 0.5) is 0 Å². The summed E-state index contributed by atoms with van der Waals surface area (Å²) in [6, 6.07) is 0. The fraction of sp³-hybridized carbons (Fsp3) is 0. The Hall–Kier alpha value is -0.0600. The number of hydrogen-bond donors (Lipinski definition) is 2. The molecule has 0 amide bonds. The van der Waals surface area contributed by atoms with Crippen molar-refractivity contribution >= 4 is 12.9 Å². The number of carbonyl (C=O) groups is 1. The van der Waals surface area contributed by atoms with E-state index in [0.29, 0.717) is 6.47 Å². The van der Waals surface area contributed by atoms with Gasteiger partial charge in [-0.1, -0.05) is 6.47 Å². The van der Waals surface area contributed by atoms with Gasteiger partial charge in [-0.15, -0.1) is 0 Å². The Balaban J connectivity index is -0.0000000400. The van der Waals surface area contributed by atoms with E-state index < -0.39 is 0 Å². The maximum absolute atomic E-state index is 8.36. The zero-order valence-electron chi connectivity index (χ0n) is 3.79. The van der Waals surface area contributed by atoms with Crippen LogP contribution in [-0.2, 0) is 9.59 Å². The van der Waals surface area contributed by atoms with Crippen LogP contribution in [0, 0.1) is 0 Å². The first kappa shape index (κ1) is 15.8. The zero-order chi connectivity index (χ0) is 5.41. The van der Waals surface area contributed by atoms with Gasteiger partial charge in [-0.2, -0.15) is 0 Å². The monoisotopic (exact) mass is 114 g/mol. The minimum Gasteiger partial charge on any atom is -0.665 e. The quantitative estimate of drug-likeness (QED) is 0.193. The van der Waals surface area contributed by atoms with Crippen LogP contribution in [0.15, 0.2) is 0 Å². The Morgan fingerprint density at radius 2 is 1.57 bits per heavy atom. The molecule has 0 spiro atoms. The summed E-state index contributed by atoms with van der Waals surface area (Å²) in [5.74, 6) is 0. The smallest absolute Gasteiger partial charge is 0.665 e. The van der Waals surface area contributed by atoms with Crippen LogP contribution in [0.5, 0.6) is 0 Å². The van der Waals surface area contributed by atoms with E-state index in [2.05, 4.69) is 0 Å². The van der Waals surface area contributed by atoms with Crippen LogP contribution >= 0.6 is 0 Å². The summed E-state index contributed by atoms with van der Waals surface area (Å²) in [6.45, 7) is 0.250. The van der Waals surface area contributed by atoms with Crippen LogP contribution in [-0.4, -0.2) is 23.2 Å². The molecule has 0 aliphatic carbocycles. The number of carboxylic acid groups (broad SMARTS) is 1. The average Bonchev–Trinajstić information content (AvgIpc) is 1.39. The van der Waals surface area contributed by atoms with Crippen LogP contribution < -0.4 is 29.6 Å². The van der Waals surface area contributed by atoms with Crippen molar-refractivity contribution in [1.29, 1.82) is 0 Å². The van der Waals surface area contributed by atoms with Crippen molar-refractivity contribution in [2.75, 3.05) is 0 Å². The average molecular weight is 114 g/mol. The molecule has 2 N–H and O–H groups in total. The first-order valence-electron chi connectivity index (χ1n) is 0.922. The van der Waals surface area contributed by atoms with Crippen molar-refractivity contribution in [3.8, 4) is 0 Å². The van der Waals surface area contributed by atoms with Crippen LogP contribution in [0.3, 0.4) is 0 Å². The largest absolute Gasteiger partial charge is 1.00 e. The third-order valence-corrected chi connectivity index (χ3v) is 0. The molecule has 0 radical (unpaired) electrons. The molecule has 0 saturated heterocycles. The second-order valence-electron chi connectivity index (χ2n) is 0.197. The summed E-state index contributed by atoms with van der Waals surface area (Å²) in [5, 5.41) is 13.7. The van der Waals surface area contributed by atoms with E-state index in [4.69, 9.17) is 19.8 Å². The normalized spacial score (nSPS) is 3.43. The van der Waals surface area contributed by atoms with E-state index in [0.717, 1.165) is 0 Å². The van der Waals surface area contributed by atoms with Crippen molar-refractivity contribution in [2.45, 2.75) is 0 Å². The van der Waals surface area contributed by atoms with Gasteiger partial charge < -0.3 is 15.0 Å². The van der Waals surface area contributed by atoms with Crippen LogP contribution in [0.25, 0.3) is 0 Å². The summed E-state index contributed by atoms with van der Waals surface area (Å²) in [6.07, 6.45) is 0. The Morgan fingerprint density at radius 1 is 1.57 bits per heavy atom.